The maximum absolute atomic E-state index is 12.1. The predicted octanol–water partition coefficient (Wildman–Crippen LogP) is 3.23. The predicted molar refractivity (Wildman–Crippen MR) is 44.3 cm³/mol. The highest BCUT2D eigenvalue weighted by Crippen LogP contribution is 2.29. The van der Waals surface area contributed by atoms with Gasteiger partial charge in [0.25, 0.3) is 0 Å². The van der Waals surface area contributed by atoms with Crippen molar-refractivity contribution in [3.8, 4) is 0 Å². The topological polar surface area (TPSA) is 15.8 Å². The maximum atomic E-state index is 12.1. The van der Waals surface area contributed by atoms with E-state index in [2.05, 4.69) is 4.98 Å². The summed E-state index contributed by atoms with van der Waals surface area (Å²) in [5.41, 5.74) is 0.0467. The quantitative estimate of drug-likeness (QED) is 0.738. The van der Waals surface area contributed by atoms with E-state index >= 15 is 0 Å². The van der Waals surface area contributed by atoms with Crippen LogP contribution >= 0.6 is 0 Å². The van der Waals surface area contributed by atoms with E-state index in [0.717, 1.165) is 6.20 Å². The fourth-order valence-electron chi connectivity index (χ4n) is 1.16. The van der Waals surface area contributed by atoms with E-state index in [1.54, 1.807) is 0 Å². The van der Waals surface area contributed by atoms with E-state index in [1.807, 2.05) is 13.8 Å². The van der Waals surface area contributed by atoms with Crippen molar-refractivity contribution in [2.45, 2.75) is 26.4 Å². The van der Waals surface area contributed by atoms with Crippen LogP contribution in [0.4, 0.5) is 13.2 Å². The van der Waals surface area contributed by atoms with Crippen LogP contribution in [0.25, 0.3) is 0 Å². The number of alkyl halides is 3. The molecule has 0 atom stereocenters. The minimum Gasteiger partial charge on any atom is -0.364 e. The molecule has 0 amide bonds. The van der Waals surface area contributed by atoms with Crippen LogP contribution in [0.5, 0.6) is 0 Å². The molecule has 0 aliphatic rings. The second kappa shape index (κ2) is 3.44. The molecule has 0 aliphatic carbocycles. The molecule has 1 heterocycles. The molecule has 0 radical (unpaired) electrons. The molecule has 1 aromatic rings. The summed E-state index contributed by atoms with van der Waals surface area (Å²) < 4.78 is 36.4. The fraction of sp³-hybridized carbons (Fsp3) is 0.556. The average molecular weight is 191 g/mol. The molecule has 74 valence electrons. The number of H-pyrrole nitrogens is 1. The molecule has 0 aromatic carbocycles. The van der Waals surface area contributed by atoms with Crippen LogP contribution in [0, 0.1) is 5.92 Å². The molecule has 0 bridgehead atoms. The summed E-state index contributed by atoms with van der Waals surface area (Å²) in [4.78, 5) is 2.62. The van der Waals surface area contributed by atoms with E-state index in [1.165, 1.54) is 6.07 Å². The lowest BCUT2D eigenvalue weighted by Gasteiger charge is -2.02. The Balaban J connectivity index is 2.75. The Bertz CT molecular complexity index is 273. The molecule has 0 spiro atoms. The van der Waals surface area contributed by atoms with Crippen molar-refractivity contribution in [2.24, 2.45) is 5.92 Å². The van der Waals surface area contributed by atoms with Crippen LogP contribution in [-0.2, 0) is 12.6 Å². The van der Waals surface area contributed by atoms with Gasteiger partial charge in [0.15, 0.2) is 0 Å². The Hall–Kier alpha value is -0.930. The first-order valence-corrected chi connectivity index (χ1v) is 4.14. The lowest BCUT2D eigenvalue weighted by Crippen LogP contribution is -2.02. The number of hydrogen-bond donors (Lipinski definition) is 1. The summed E-state index contributed by atoms with van der Waals surface area (Å²) >= 11 is 0. The summed E-state index contributed by atoms with van der Waals surface area (Å²) in [5, 5.41) is 0. The normalized spacial score (nSPS) is 12.5. The summed E-state index contributed by atoms with van der Waals surface area (Å²) in [6.45, 7) is 3.93. The minimum atomic E-state index is -4.23. The first-order valence-electron chi connectivity index (χ1n) is 4.14. The van der Waals surface area contributed by atoms with E-state index in [4.69, 9.17) is 0 Å². The van der Waals surface area contributed by atoms with E-state index in [0.29, 0.717) is 18.0 Å². The monoisotopic (exact) mass is 191 g/mol. The van der Waals surface area contributed by atoms with Crippen molar-refractivity contribution in [3.05, 3.63) is 23.5 Å². The second-order valence-electron chi connectivity index (χ2n) is 3.51. The molecule has 0 saturated heterocycles. The molecular weight excluding hydrogens is 179 g/mol. The highest BCUT2D eigenvalue weighted by atomic mass is 19.4. The van der Waals surface area contributed by atoms with E-state index < -0.39 is 11.7 Å². The lowest BCUT2D eigenvalue weighted by atomic mass is 10.1. The van der Waals surface area contributed by atoms with Crippen molar-refractivity contribution in [1.29, 1.82) is 0 Å². The van der Waals surface area contributed by atoms with E-state index in [-0.39, 0.29) is 0 Å². The van der Waals surface area contributed by atoms with Crippen LogP contribution in [-0.4, -0.2) is 4.98 Å². The van der Waals surface area contributed by atoms with Crippen LogP contribution < -0.4 is 0 Å². The highest BCUT2D eigenvalue weighted by Gasteiger charge is 2.31. The van der Waals surface area contributed by atoms with Gasteiger partial charge in [0, 0.05) is 11.9 Å². The number of rotatable bonds is 2. The Morgan fingerprint density at radius 3 is 2.38 bits per heavy atom. The smallest absolute Gasteiger partial charge is 0.364 e. The van der Waals surface area contributed by atoms with Gasteiger partial charge in [-0.25, -0.2) is 0 Å². The lowest BCUT2D eigenvalue weighted by molar-refractivity contribution is -0.137. The van der Waals surface area contributed by atoms with Gasteiger partial charge in [-0.15, -0.1) is 0 Å². The van der Waals surface area contributed by atoms with Crippen LogP contribution in [0.1, 0.15) is 25.1 Å². The highest BCUT2D eigenvalue weighted by molar-refractivity contribution is 5.19. The van der Waals surface area contributed by atoms with Crippen molar-refractivity contribution < 1.29 is 13.2 Å². The van der Waals surface area contributed by atoms with Gasteiger partial charge in [0.1, 0.15) is 0 Å². The number of aromatic nitrogens is 1. The molecule has 4 heteroatoms. The Morgan fingerprint density at radius 2 is 2.00 bits per heavy atom. The average Bonchev–Trinajstić information content (AvgIpc) is 2.32. The molecule has 0 saturated carbocycles. The van der Waals surface area contributed by atoms with Crippen LogP contribution in [0.15, 0.2) is 12.3 Å². The summed E-state index contributed by atoms with van der Waals surface area (Å²) in [6.07, 6.45) is -2.57. The van der Waals surface area contributed by atoms with Crippen molar-refractivity contribution in [1.82, 2.24) is 4.98 Å². The number of hydrogen-bond acceptors (Lipinski definition) is 0. The van der Waals surface area contributed by atoms with Gasteiger partial charge in [0.2, 0.25) is 0 Å². The van der Waals surface area contributed by atoms with Crippen molar-refractivity contribution in [2.75, 3.05) is 0 Å². The Morgan fingerprint density at radius 1 is 1.38 bits per heavy atom. The largest absolute Gasteiger partial charge is 0.417 e. The molecule has 1 N–H and O–H groups in total. The summed E-state index contributed by atoms with van der Waals surface area (Å²) in [6, 6.07) is 1.17. The summed E-state index contributed by atoms with van der Waals surface area (Å²) in [5.74, 6) is 0.361. The number of nitrogens with one attached hydrogen (secondary N) is 1. The van der Waals surface area contributed by atoms with Crippen LogP contribution in [0.3, 0.4) is 0 Å². The third-order valence-electron chi connectivity index (χ3n) is 1.70. The zero-order valence-electron chi connectivity index (χ0n) is 7.57. The number of halogens is 3. The Labute approximate surface area is 75.0 Å². The van der Waals surface area contributed by atoms with Gasteiger partial charge in [-0.3, -0.25) is 0 Å². The van der Waals surface area contributed by atoms with Gasteiger partial charge in [-0.1, -0.05) is 13.8 Å². The fourth-order valence-corrected chi connectivity index (χ4v) is 1.16. The van der Waals surface area contributed by atoms with E-state index in [9.17, 15) is 13.2 Å². The molecule has 1 rings (SSSR count). The number of aromatic amines is 1. The molecule has 1 aromatic heterocycles. The molecule has 0 aliphatic heterocycles. The summed E-state index contributed by atoms with van der Waals surface area (Å²) in [7, 11) is 0. The molecule has 13 heavy (non-hydrogen) atoms. The van der Waals surface area contributed by atoms with Crippen LogP contribution in [0.2, 0.25) is 0 Å². The van der Waals surface area contributed by atoms with Gasteiger partial charge in [-0.05, 0) is 18.4 Å². The zero-order valence-corrected chi connectivity index (χ0v) is 7.57. The molecule has 0 fully saturated rings. The molecule has 1 nitrogen and oxygen atoms in total. The van der Waals surface area contributed by atoms with Gasteiger partial charge >= 0.3 is 6.18 Å². The minimum absolute atomic E-state index is 0.361. The third kappa shape index (κ3) is 2.79. The van der Waals surface area contributed by atoms with Crippen molar-refractivity contribution >= 4 is 0 Å². The first kappa shape index (κ1) is 10.2. The molecular formula is C9H12F3N. The third-order valence-corrected chi connectivity index (χ3v) is 1.70. The maximum Gasteiger partial charge on any atom is 0.417 e. The van der Waals surface area contributed by atoms with Crippen molar-refractivity contribution in [3.63, 3.8) is 0 Å². The van der Waals surface area contributed by atoms with Gasteiger partial charge in [-0.2, -0.15) is 13.2 Å². The zero-order chi connectivity index (χ0) is 10.1. The first-order chi connectivity index (χ1) is 5.89. The molecule has 0 unspecified atom stereocenters. The second-order valence-corrected chi connectivity index (χ2v) is 3.51. The van der Waals surface area contributed by atoms with Gasteiger partial charge in [0.05, 0.1) is 5.56 Å². The Kier molecular flexibility index (Phi) is 2.68. The van der Waals surface area contributed by atoms with Gasteiger partial charge < -0.3 is 4.98 Å². The SMILES string of the molecule is CC(C)Cc1cc(C(F)(F)F)c[nH]1. The standard InChI is InChI=1S/C9H12F3N/c1-6(2)3-8-4-7(5-13-8)9(10,11)12/h4-6,13H,3H2,1-2H3.